The third kappa shape index (κ3) is 3.51. The number of hydrogen-bond donors (Lipinski definition) is 0. The molecule has 0 saturated heterocycles. The van der Waals surface area contributed by atoms with E-state index < -0.39 is 0 Å². The van der Waals surface area contributed by atoms with Gasteiger partial charge < -0.3 is 26.3 Å². The minimum atomic E-state index is -0.303. The number of pyridine rings is 1. The lowest BCUT2D eigenvalue weighted by molar-refractivity contribution is -0.671. The van der Waals surface area contributed by atoms with Crippen molar-refractivity contribution in [1.29, 1.82) is 0 Å². The molecule has 2 heterocycles. The van der Waals surface area contributed by atoms with Gasteiger partial charge in [0.2, 0.25) is 0 Å². The van der Waals surface area contributed by atoms with Crippen molar-refractivity contribution in [3.8, 4) is 11.1 Å². The van der Waals surface area contributed by atoms with Gasteiger partial charge in [-0.25, -0.2) is 9.36 Å². The lowest BCUT2D eigenvalue weighted by Crippen LogP contribution is -3.00. The molecule has 1 aromatic carbocycles. The summed E-state index contributed by atoms with van der Waals surface area (Å²) in [5, 5.41) is 0.934. The summed E-state index contributed by atoms with van der Waals surface area (Å²) in [6.07, 6.45) is 3.84. The van der Waals surface area contributed by atoms with Crippen LogP contribution in [0.4, 0.5) is 5.69 Å². The Hall–Kier alpha value is -2.14. The molecule has 0 bridgehead atoms. The van der Waals surface area contributed by atoms with Crippen LogP contribution in [0.2, 0.25) is 0 Å². The molecule has 0 spiro atoms. The summed E-state index contributed by atoms with van der Waals surface area (Å²) in [6.45, 7) is 6.07. The van der Waals surface area contributed by atoms with Crippen molar-refractivity contribution < 1.29 is 26.0 Å². The molecule has 0 unspecified atom stereocenters. The summed E-state index contributed by atoms with van der Waals surface area (Å²) < 4.78 is 7.50. The van der Waals surface area contributed by atoms with Crippen molar-refractivity contribution in [2.45, 2.75) is 13.8 Å². The number of hydrogen-bond acceptors (Lipinski definition) is 3. The van der Waals surface area contributed by atoms with Crippen LogP contribution >= 0.6 is 0 Å². The Morgan fingerprint density at radius 2 is 1.71 bits per heavy atom. The van der Waals surface area contributed by atoms with Crippen LogP contribution in [0.5, 0.6) is 0 Å². The maximum absolute atomic E-state index is 12.4. The quantitative estimate of drug-likeness (QED) is 0.471. The number of benzene rings is 1. The maximum Gasteiger partial charge on any atom is 0.344 e. The van der Waals surface area contributed by atoms with Crippen molar-refractivity contribution in [1.82, 2.24) is 0 Å². The van der Waals surface area contributed by atoms with E-state index in [-0.39, 0.29) is 22.6 Å². The Balaban J connectivity index is 0.00000208. The fourth-order valence-electron chi connectivity index (χ4n) is 2.77. The highest BCUT2D eigenvalue weighted by Gasteiger charge is 2.10. The largest absolute Gasteiger partial charge is 1.00 e. The zero-order chi connectivity index (χ0) is 16.4. The smallest absolute Gasteiger partial charge is 0.344 e. The Morgan fingerprint density at radius 1 is 1.04 bits per heavy atom. The molecule has 0 aliphatic carbocycles. The Kier molecular flexibility index (Phi) is 5.78. The second-order valence-electron chi connectivity index (χ2n) is 5.59. The van der Waals surface area contributed by atoms with E-state index >= 15 is 0 Å². The number of anilines is 1. The molecular weight excluding hydrogens is 368 g/mol. The van der Waals surface area contributed by atoms with Crippen molar-refractivity contribution in [3.05, 3.63) is 59.2 Å². The van der Waals surface area contributed by atoms with E-state index in [9.17, 15) is 4.79 Å². The highest BCUT2D eigenvalue weighted by atomic mass is 79.9. The first-order chi connectivity index (χ1) is 11.1. The first-order valence-corrected chi connectivity index (χ1v) is 7.91. The molecule has 3 rings (SSSR count). The fraction of sp³-hybridized carbons (Fsp3) is 0.263. The Labute approximate surface area is 152 Å². The maximum atomic E-state index is 12.4. The average molecular weight is 389 g/mol. The summed E-state index contributed by atoms with van der Waals surface area (Å²) in [5.74, 6) is 0. The van der Waals surface area contributed by atoms with Crippen LogP contribution in [-0.2, 0) is 7.05 Å². The highest BCUT2D eigenvalue weighted by Crippen LogP contribution is 2.24. The van der Waals surface area contributed by atoms with E-state index in [0.29, 0.717) is 11.1 Å². The van der Waals surface area contributed by atoms with Crippen molar-refractivity contribution in [2.24, 2.45) is 7.05 Å². The summed E-state index contributed by atoms with van der Waals surface area (Å²) in [4.78, 5) is 14.6. The van der Waals surface area contributed by atoms with Crippen LogP contribution in [0.1, 0.15) is 13.8 Å². The third-order valence-corrected chi connectivity index (χ3v) is 4.14. The van der Waals surface area contributed by atoms with Crippen molar-refractivity contribution >= 4 is 16.7 Å². The van der Waals surface area contributed by atoms with Crippen LogP contribution in [0.3, 0.4) is 0 Å². The van der Waals surface area contributed by atoms with Crippen LogP contribution in [0.15, 0.2) is 58.0 Å². The van der Waals surface area contributed by atoms with Gasteiger partial charge in [-0.3, -0.25) is 0 Å². The van der Waals surface area contributed by atoms with Crippen LogP contribution < -0.4 is 32.1 Å². The summed E-state index contributed by atoms with van der Waals surface area (Å²) >= 11 is 0. The average Bonchev–Trinajstić information content (AvgIpc) is 2.56. The Bertz CT molecular complexity index is 884. The second kappa shape index (κ2) is 7.62. The van der Waals surface area contributed by atoms with Gasteiger partial charge in [-0.15, -0.1) is 0 Å². The van der Waals surface area contributed by atoms with E-state index in [1.807, 2.05) is 54.3 Å². The number of halogens is 1. The molecule has 0 fully saturated rings. The summed E-state index contributed by atoms with van der Waals surface area (Å²) in [7, 11) is 1.95. The third-order valence-electron chi connectivity index (χ3n) is 4.14. The number of nitrogens with zero attached hydrogens (tertiary/aromatic N) is 2. The normalized spacial score (nSPS) is 10.5. The van der Waals surface area contributed by atoms with E-state index in [2.05, 4.69) is 24.8 Å². The lowest BCUT2D eigenvalue weighted by atomic mass is 10.1. The number of fused-ring (bicyclic) bond motifs is 1. The molecule has 0 aliphatic rings. The van der Waals surface area contributed by atoms with E-state index in [0.717, 1.165) is 29.7 Å². The first kappa shape index (κ1) is 18.2. The van der Waals surface area contributed by atoms with Crippen molar-refractivity contribution in [2.75, 3.05) is 18.0 Å². The minimum absolute atomic E-state index is 0. The molecule has 0 aliphatic heterocycles. The van der Waals surface area contributed by atoms with Crippen LogP contribution in [-0.4, -0.2) is 13.1 Å². The molecule has 5 heteroatoms. The molecule has 0 saturated carbocycles. The molecule has 24 heavy (non-hydrogen) atoms. The molecule has 0 radical (unpaired) electrons. The monoisotopic (exact) mass is 388 g/mol. The van der Waals surface area contributed by atoms with Crippen molar-refractivity contribution in [3.63, 3.8) is 0 Å². The van der Waals surface area contributed by atoms with E-state index in [1.165, 1.54) is 0 Å². The second-order valence-corrected chi connectivity index (χ2v) is 5.59. The van der Waals surface area contributed by atoms with Gasteiger partial charge >= 0.3 is 5.63 Å². The van der Waals surface area contributed by atoms with E-state index in [1.54, 1.807) is 0 Å². The van der Waals surface area contributed by atoms with Gasteiger partial charge in [-0.2, -0.15) is 0 Å². The fourth-order valence-corrected chi connectivity index (χ4v) is 2.77. The molecule has 4 nitrogen and oxygen atoms in total. The van der Waals surface area contributed by atoms with Gasteiger partial charge in [0.15, 0.2) is 12.4 Å². The van der Waals surface area contributed by atoms with Gasteiger partial charge in [0.25, 0.3) is 0 Å². The predicted molar refractivity (Wildman–Crippen MR) is 92.7 cm³/mol. The van der Waals surface area contributed by atoms with Gasteiger partial charge in [0.1, 0.15) is 12.6 Å². The Morgan fingerprint density at radius 3 is 2.33 bits per heavy atom. The van der Waals surface area contributed by atoms with Crippen LogP contribution in [0, 0.1) is 0 Å². The van der Waals surface area contributed by atoms with Gasteiger partial charge in [0.05, 0.1) is 5.56 Å². The standard InChI is InChI=1S/C19H21N2O2.BrH/c1-4-21(5-2)16-7-6-15-12-17(19(22)23-18(15)13-16)14-8-10-20(3)11-9-14;/h6-13H,4-5H2,1-3H3;1H/q+1;/p-1. The number of aromatic nitrogens is 1. The zero-order valence-corrected chi connectivity index (χ0v) is 15.7. The predicted octanol–water partition coefficient (Wildman–Crippen LogP) is 0.135. The molecular formula is C19H21BrN2O2. The van der Waals surface area contributed by atoms with Crippen LogP contribution in [0.25, 0.3) is 22.1 Å². The first-order valence-electron chi connectivity index (χ1n) is 7.91. The summed E-state index contributed by atoms with van der Waals surface area (Å²) in [5.41, 5.74) is 2.86. The van der Waals surface area contributed by atoms with E-state index in [4.69, 9.17) is 4.42 Å². The zero-order valence-electron chi connectivity index (χ0n) is 14.1. The molecule has 2 aromatic heterocycles. The molecule has 0 N–H and O–H groups in total. The molecule has 0 atom stereocenters. The summed E-state index contributed by atoms with van der Waals surface area (Å²) in [6, 6.07) is 11.8. The molecule has 126 valence electrons. The number of rotatable bonds is 4. The molecule has 0 amide bonds. The van der Waals surface area contributed by atoms with Gasteiger partial charge in [-0.05, 0) is 32.0 Å². The minimum Gasteiger partial charge on any atom is -1.00 e. The molecule has 3 aromatic rings. The highest BCUT2D eigenvalue weighted by molar-refractivity contribution is 5.84. The number of aryl methyl sites for hydroxylation is 1. The van der Waals surface area contributed by atoms with Gasteiger partial charge in [-0.1, -0.05) is 0 Å². The topological polar surface area (TPSA) is 37.3 Å². The van der Waals surface area contributed by atoms with Gasteiger partial charge in [0, 0.05) is 47.9 Å². The lowest BCUT2D eigenvalue weighted by Gasteiger charge is -2.21. The SMILES string of the molecule is CCN(CC)c1ccc2cc(-c3cc[n+](C)cc3)c(=O)oc2c1.[Br-].